The maximum Gasteiger partial charge on any atom is 0.303 e. The second kappa shape index (κ2) is 7.06. The van der Waals surface area contributed by atoms with E-state index >= 15 is 0 Å². The van der Waals surface area contributed by atoms with E-state index in [1.165, 1.54) is 4.90 Å². The van der Waals surface area contributed by atoms with Gasteiger partial charge in [-0.3, -0.25) is 14.4 Å². The summed E-state index contributed by atoms with van der Waals surface area (Å²) in [6, 6.07) is 8.20. The Balaban J connectivity index is 2.09. The number of carbonyl (C=O) groups is 3. The largest absolute Gasteiger partial charge is 0.481 e. The van der Waals surface area contributed by atoms with Gasteiger partial charge in [-0.15, -0.1) is 0 Å². The maximum atomic E-state index is 12.5. The summed E-state index contributed by atoms with van der Waals surface area (Å²) in [5.74, 6) is -1.40. The molecular formula is C16H20N2O4. The molecule has 1 aromatic rings. The number of hydrogen-bond donors (Lipinski definition) is 2. The zero-order valence-electron chi connectivity index (χ0n) is 12.5. The van der Waals surface area contributed by atoms with Crippen molar-refractivity contribution in [3.8, 4) is 0 Å². The minimum Gasteiger partial charge on any atom is -0.481 e. The van der Waals surface area contributed by atoms with Gasteiger partial charge in [0.05, 0.1) is 0 Å². The molecule has 0 spiro atoms. The van der Waals surface area contributed by atoms with Crippen LogP contribution in [-0.2, 0) is 20.8 Å². The number of carboxylic acids is 1. The molecule has 2 N–H and O–H groups in total. The molecule has 1 heterocycles. The minimum atomic E-state index is -0.970. The molecule has 1 aliphatic rings. The number of hydrogen-bond acceptors (Lipinski definition) is 3. The summed E-state index contributed by atoms with van der Waals surface area (Å²) < 4.78 is 0. The fourth-order valence-corrected chi connectivity index (χ4v) is 2.74. The Labute approximate surface area is 129 Å². The van der Waals surface area contributed by atoms with Crippen molar-refractivity contribution in [2.75, 3.05) is 6.54 Å². The number of aliphatic carboxylic acids is 1. The van der Waals surface area contributed by atoms with Gasteiger partial charge in [0, 0.05) is 19.4 Å². The fraction of sp³-hybridized carbons (Fsp3) is 0.438. The summed E-state index contributed by atoms with van der Waals surface area (Å²) >= 11 is 0. The Hall–Kier alpha value is -2.37. The van der Waals surface area contributed by atoms with Gasteiger partial charge in [-0.2, -0.15) is 0 Å². The van der Waals surface area contributed by atoms with Crippen molar-refractivity contribution in [2.45, 2.75) is 38.3 Å². The van der Waals surface area contributed by atoms with Crippen LogP contribution in [0.1, 0.15) is 25.3 Å². The van der Waals surface area contributed by atoms with Crippen molar-refractivity contribution < 1.29 is 19.5 Å². The van der Waals surface area contributed by atoms with Crippen molar-refractivity contribution in [1.82, 2.24) is 10.2 Å². The fourth-order valence-electron chi connectivity index (χ4n) is 2.74. The van der Waals surface area contributed by atoms with Crippen molar-refractivity contribution in [1.29, 1.82) is 0 Å². The number of nitrogens with one attached hydrogen (secondary N) is 1. The van der Waals surface area contributed by atoms with E-state index in [0.29, 0.717) is 13.0 Å². The summed E-state index contributed by atoms with van der Waals surface area (Å²) in [6.07, 6.45) is 0.442. The van der Waals surface area contributed by atoms with E-state index in [2.05, 4.69) is 5.32 Å². The second-order valence-electron chi connectivity index (χ2n) is 5.32. The van der Waals surface area contributed by atoms with Gasteiger partial charge < -0.3 is 15.3 Å². The third kappa shape index (κ3) is 3.63. The molecule has 2 rings (SSSR count). The Morgan fingerprint density at radius 2 is 1.95 bits per heavy atom. The van der Waals surface area contributed by atoms with Crippen LogP contribution in [0.4, 0.5) is 0 Å². The van der Waals surface area contributed by atoms with E-state index in [1.54, 1.807) is 6.92 Å². The smallest absolute Gasteiger partial charge is 0.303 e. The third-order valence-corrected chi connectivity index (χ3v) is 3.83. The van der Waals surface area contributed by atoms with Crippen LogP contribution in [0.2, 0.25) is 0 Å². The summed E-state index contributed by atoms with van der Waals surface area (Å²) in [4.78, 5) is 36.9. The van der Waals surface area contributed by atoms with E-state index in [1.807, 2.05) is 30.3 Å². The molecule has 2 amide bonds. The van der Waals surface area contributed by atoms with Gasteiger partial charge in [-0.1, -0.05) is 30.3 Å². The van der Waals surface area contributed by atoms with Crippen molar-refractivity contribution >= 4 is 17.8 Å². The van der Waals surface area contributed by atoms with E-state index in [-0.39, 0.29) is 24.7 Å². The van der Waals surface area contributed by atoms with Gasteiger partial charge in [0.25, 0.3) is 0 Å². The molecule has 0 saturated carbocycles. The summed E-state index contributed by atoms with van der Waals surface area (Å²) in [5, 5.41) is 11.5. The van der Waals surface area contributed by atoms with Crippen molar-refractivity contribution in [2.24, 2.45) is 0 Å². The Morgan fingerprint density at radius 3 is 2.55 bits per heavy atom. The highest BCUT2D eigenvalue weighted by Crippen LogP contribution is 2.17. The number of nitrogens with zero attached hydrogens (tertiary/aromatic N) is 1. The Bertz CT molecular complexity index is 559. The molecule has 0 bridgehead atoms. The average molecular weight is 304 g/mol. The monoisotopic (exact) mass is 304 g/mol. The SMILES string of the molecule is CCN1C(=O)[C@H](Cc2ccccc2)NC(=O)[C@@H]1CCC(=O)O. The standard InChI is InChI=1S/C16H20N2O4/c1-2-18-13(8-9-14(19)20)15(21)17-12(16(18)22)10-11-6-4-3-5-7-11/h3-7,12-13H,2,8-10H2,1H3,(H,17,21)(H,19,20)/t12-,13-/m0/s1. The van der Waals surface area contributed by atoms with Gasteiger partial charge in [-0.05, 0) is 18.9 Å². The predicted octanol–water partition coefficient (Wildman–Crippen LogP) is 0.809. The molecule has 0 radical (unpaired) electrons. The highest BCUT2D eigenvalue weighted by molar-refractivity contribution is 5.97. The molecular weight excluding hydrogens is 284 g/mol. The average Bonchev–Trinajstić information content (AvgIpc) is 2.50. The van der Waals surface area contributed by atoms with Gasteiger partial charge >= 0.3 is 5.97 Å². The van der Waals surface area contributed by atoms with Gasteiger partial charge in [0.15, 0.2) is 0 Å². The third-order valence-electron chi connectivity index (χ3n) is 3.83. The highest BCUT2D eigenvalue weighted by Gasteiger charge is 2.39. The first-order chi connectivity index (χ1) is 10.5. The van der Waals surface area contributed by atoms with Crippen LogP contribution in [0.25, 0.3) is 0 Å². The lowest BCUT2D eigenvalue weighted by Gasteiger charge is -2.38. The van der Waals surface area contributed by atoms with Gasteiger partial charge in [0.2, 0.25) is 11.8 Å². The van der Waals surface area contributed by atoms with Gasteiger partial charge in [-0.25, -0.2) is 0 Å². The van der Waals surface area contributed by atoms with Crippen LogP contribution in [0.3, 0.4) is 0 Å². The number of carbonyl (C=O) groups excluding carboxylic acids is 2. The van der Waals surface area contributed by atoms with Crippen LogP contribution in [0, 0.1) is 0 Å². The molecule has 118 valence electrons. The number of benzene rings is 1. The molecule has 1 aliphatic heterocycles. The first-order valence-corrected chi connectivity index (χ1v) is 7.39. The zero-order chi connectivity index (χ0) is 16.1. The van der Waals surface area contributed by atoms with Crippen molar-refractivity contribution in [3.05, 3.63) is 35.9 Å². The quantitative estimate of drug-likeness (QED) is 0.814. The maximum absolute atomic E-state index is 12.5. The van der Waals surface area contributed by atoms with Gasteiger partial charge in [0.1, 0.15) is 12.1 Å². The number of rotatable bonds is 6. The number of piperazine rings is 1. The van der Waals surface area contributed by atoms with Crippen molar-refractivity contribution in [3.63, 3.8) is 0 Å². The normalized spacial score (nSPS) is 21.6. The molecule has 0 aromatic heterocycles. The first-order valence-electron chi connectivity index (χ1n) is 7.39. The van der Waals surface area contributed by atoms with Crippen LogP contribution < -0.4 is 5.32 Å². The highest BCUT2D eigenvalue weighted by atomic mass is 16.4. The molecule has 1 aromatic carbocycles. The van der Waals surface area contributed by atoms with E-state index < -0.39 is 18.1 Å². The lowest BCUT2D eigenvalue weighted by atomic mass is 9.98. The summed E-state index contributed by atoms with van der Waals surface area (Å²) in [5.41, 5.74) is 0.973. The lowest BCUT2D eigenvalue weighted by molar-refractivity contribution is -0.150. The first kappa shape index (κ1) is 16.0. The predicted molar refractivity (Wildman–Crippen MR) is 80.1 cm³/mol. The van der Waals surface area contributed by atoms with Crippen LogP contribution in [0.15, 0.2) is 30.3 Å². The minimum absolute atomic E-state index is 0.134. The van der Waals surface area contributed by atoms with E-state index in [0.717, 1.165) is 5.56 Å². The second-order valence-corrected chi connectivity index (χ2v) is 5.32. The van der Waals surface area contributed by atoms with Crippen LogP contribution >= 0.6 is 0 Å². The molecule has 1 fully saturated rings. The number of carboxylic acid groups (broad SMARTS) is 1. The Kier molecular flexibility index (Phi) is 5.14. The molecule has 1 saturated heterocycles. The van der Waals surface area contributed by atoms with E-state index in [4.69, 9.17) is 5.11 Å². The summed E-state index contributed by atoms with van der Waals surface area (Å²) in [6.45, 7) is 2.19. The van der Waals surface area contributed by atoms with Crippen LogP contribution in [-0.4, -0.2) is 46.4 Å². The molecule has 6 nitrogen and oxygen atoms in total. The number of likely N-dealkylation sites (N-methyl/N-ethyl adjacent to an activating group) is 1. The van der Waals surface area contributed by atoms with E-state index in [9.17, 15) is 14.4 Å². The zero-order valence-corrected chi connectivity index (χ0v) is 12.5. The lowest BCUT2D eigenvalue weighted by Crippen LogP contribution is -2.63. The molecule has 22 heavy (non-hydrogen) atoms. The topological polar surface area (TPSA) is 86.7 Å². The van der Waals surface area contributed by atoms with Crippen LogP contribution in [0.5, 0.6) is 0 Å². The molecule has 0 unspecified atom stereocenters. The molecule has 0 aliphatic carbocycles. The molecule has 2 atom stereocenters. The Morgan fingerprint density at radius 1 is 1.27 bits per heavy atom. The number of amides is 2. The summed E-state index contributed by atoms with van der Waals surface area (Å²) in [7, 11) is 0. The molecule has 6 heteroatoms.